The van der Waals surface area contributed by atoms with Crippen molar-refractivity contribution in [1.82, 2.24) is 5.32 Å². The molecule has 1 aromatic rings. The molecule has 0 aromatic heterocycles. The Bertz CT molecular complexity index is 374. The Balaban J connectivity index is 2.76. The van der Waals surface area contributed by atoms with Gasteiger partial charge in [0.2, 0.25) is 0 Å². The number of carbonyl (C=O) groups excluding carboxylic acids is 1. The lowest BCUT2D eigenvalue weighted by molar-refractivity contribution is 0.0947. The number of hydrogen-bond acceptors (Lipinski definition) is 3. The number of ether oxygens (including phenoxy) is 2. The molecule has 1 aromatic carbocycles. The monoisotopic (exact) mass is 363 g/mol. The SMILES string of the molecule is COc1cccc(OC)c1C(=O)NCCCCI. The third-order valence-corrected chi connectivity index (χ3v) is 3.26. The standard InChI is InChI=1S/C13H18INO3/c1-17-10-6-5-7-11(18-2)12(10)13(16)15-9-4-3-8-14/h5-7H,3-4,8-9H2,1-2H3,(H,15,16). The lowest BCUT2D eigenvalue weighted by atomic mass is 10.1. The van der Waals surface area contributed by atoms with E-state index in [0.717, 1.165) is 17.3 Å². The second-order valence-corrected chi connectivity index (χ2v) is 4.77. The molecule has 0 aliphatic heterocycles. The molecule has 0 bridgehead atoms. The molecule has 0 heterocycles. The summed E-state index contributed by atoms with van der Waals surface area (Å²) >= 11 is 2.33. The van der Waals surface area contributed by atoms with Gasteiger partial charge in [-0.15, -0.1) is 0 Å². The van der Waals surface area contributed by atoms with Gasteiger partial charge in [0.1, 0.15) is 17.1 Å². The van der Waals surface area contributed by atoms with Crippen molar-refractivity contribution < 1.29 is 14.3 Å². The molecule has 18 heavy (non-hydrogen) atoms. The summed E-state index contributed by atoms with van der Waals surface area (Å²) in [5.41, 5.74) is 0.456. The number of methoxy groups -OCH3 is 2. The molecule has 0 saturated carbocycles. The van der Waals surface area contributed by atoms with Crippen molar-refractivity contribution in [2.24, 2.45) is 0 Å². The van der Waals surface area contributed by atoms with Crippen LogP contribution in [-0.2, 0) is 0 Å². The maximum absolute atomic E-state index is 12.1. The Hall–Kier alpha value is -0.980. The maximum Gasteiger partial charge on any atom is 0.258 e. The number of nitrogens with one attached hydrogen (secondary N) is 1. The highest BCUT2D eigenvalue weighted by molar-refractivity contribution is 14.1. The molecule has 0 saturated heterocycles. The van der Waals surface area contributed by atoms with E-state index in [1.807, 2.05) is 0 Å². The molecule has 0 aliphatic rings. The largest absolute Gasteiger partial charge is 0.496 e. The number of hydrogen-bond donors (Lipinski definition) is 1. The van der Waals surface area contributed by atoms with Crippen LogP contribution in [0.3, 0.4) is 0 Å². The molecule has 4 nitrogen and oxygen atoms in total. The number of alkyl halides is 1. The Morgan fingerprint density at radius 1 is 1.22 bits per heavy atom. The second-order valence-electron chi connectivity index (χ2n) is 3.69. The van der Waals surface area contributed by atoms with Crippen LogP contribution in [0.5, 0.6) is 11.5 Å². The first kappa shape index (κ1) is 15.1. The number of halogens is 1. The molecule has 0 atom stereocenters. The fourth-order valence-electron chi connectivity index (χ4n) is 1.58. The molecule has 0 fully saturated rings. The molecule has 1 rings (SSSR count). The third-order valence-electron chi connectivity index (χ3n) is 2.50. The highest BCUT2D eigenvalue weighted by Gasteiger charge is 2.17. The minimum atomic E-state index is -0.155. The summed E-state index contributed by atoms with van der Waals surface area (Å²) < 4.78 is 11.5. The van der Waals surface area contributed by atoms with E-state index in [1.165, 1.54) is 0 Å². The Kier molecular flexibility index (Phi) is 6.85. The fourth-order valence-corrected chi connectivity index (χ4v) is 2.12. The van der Waals surface area contributed by atoms with E-state index < -0.39 is 0 Å². The molecule has 5 heteroatoms. The van der Waals surface area contributed by atoms with Crippen molar-refractivity contribution in [3.8, 4) is 11.5 Å². The Labute approximate surface area is 121 Å². The third kappa shape index (κ3) is 4.04. The van der Waals surface area contributed by atoms with E-state index in [1.54, 1.807) is 32.4 Å². The minimum Gasteiger partial charge on any atom is -0.496 e. The van der Waals surface area contributed by atoms with Crippen LogP contribution in [-0.4, -0.2) is 31.1 Å². The smallest absolute Gasteiger partial charge is 0.258 e. The van der Waals surface area contributed by atoms with Gasteiger partial charge in [0.25, 0.3) is 5.91 Å². The molecule has 100 valence electrons. The first-order valence-electron chi connectivity index (χ1n) is 5.79. The van der Waals surface area contributed by atoms with Crippen LogP contribution in [0, 0.1) is 0 Å². The number of rotatable bonds is 7. The molecular formula is C13H18INO3. The first-order valence-corrected chi connectivity index (χ1v) is 7.32. The van der Waals surface area contributed by atoms with Crippen molar-refractivity contribution in [2.75, 3.05) is 25.2 Å². The molecule has 1 N–H and O–H groups in total. The van der Waals surface area contributed by atoms with Crippen LogP contribution in [0.1, 0.15) is 23.2 Å². The molecule has 1 amide bonds. The predicted molar refractivity (Wildman–Crippen MR) is 80.0 cm³/mol. The maximum atomic E-state index is 12.1. The van der Waals surface area contributed by atoms with Gasteiger partial charge in [0.15, 0.2) is 0 Å². The summed E-state index contributed by atoms with van der Waals surface area (Å²) in [6, 6.07) is 5.30. The van der Waals surface area contributed by atoms with Gasteiger partial charge in [-0.25, -0.2) is 0 Å². The van der Waals surface area contributed by atoms with Crippen molar-refractivity contribution in [1.29, 1.82) is 0 Å². The molecule has 0 aliphatic carbocycles. The van der Waals surface area contributed by atoms with Crippen LogP contribution in [0.4, 0.5) is 0 Å². The zero-order valence-electron chi connectivity index (χ0n) is 10.7. The van der Waals surface area contributed by atoms with Crippen molar-refractivity contribution >= 4 is 28.5 Å². The van der Waals surface area contributed by atoms with Crippen molar-refractivity contribution in [3.05, 3.63) is 23.8 Å². The van der Waals surface area contributed by atoms with E-state index in [-0.39, 0.29) is 5.91 Å². The van der Waals surface area contributed by atoms with Crippen LogP contribution in [0.15, 0.2) is 18.2 Å². The average molecular weight is 363 g/mol. The van der Waals surface area contributed by atoms with E-state index >= 15 is 0 Å². The van der Waals surface area contributed by atoms with Gasteiger partial charge in [0, 0.05) is 6.54 Å². The number of amides is 1. The highest BCUT2D eigenvalue weighted by Crippen LogP contribution is 2.27. The van der Waals surface area contributed by atoms with Crippen molar-refractivity contribution in [3.63, 3.8) is 0 Å². The van der Waals surface area contributed by atoms with Crippen LogP contribution in [0.25, 0.3) is 0 Å². The average Bonchev–Trinajstić information content (AvgIpc) is 2.42. The summed E-state index contributed by atoms with van der Waals surface area (Å²) in [7, 11) is 3.09. The Morgan fingerprint density at radius 3 is 2.33 bits per heavy atom. The summed E-state index contributed by atoms with van der Waals surface area (Å²) in [5, 5.41) is 2.88. The van der Waals surface area contributed by atoms with Gasteiger partial charge < -0.3 is 14.8 Å². The van der Waals surface area contributed by atoms with Gasteiger partial charge in [-0.3, -0.25) is 4.79 Å². The van der Waals surface area contributed by atoms with Gasteiger partial charge >= 0.3 is 0 Å². The second kappa shape index (κ2) is 8.18. The number of benzene rings is 1. The van der Waals surface area contributed by atoms with E-state index in [9.17, 15) is 4.79 Å². The summed E-state index contributed by atoms with van der Waals surface area (Å²) in [5.74, 6) is 0.902. The predicted octanol–water partition coefficient (Wildman–Crippen LogP) is 2.65. The zero-order valence-corrected chi connectivity index (χ0v) is 12.8. The van der Waals surface area contributed by atoms with E-state index in [0.29, 0.717) is 23.6 Å². The Morgan fingerprint density at radius 2 is 1.83 bits per heavy atom. The molecule has 0 spiro atoms. The van der Waals surface area contributed by atoms with E-state index in [2.05, 4.69) is 27.9 Å². The normalized spacial score (nSPS) is 9.94. The zero-order chi connectivity index (χ0) is 13.4. The summed E-state index contributed by atoms with van der Waals surface area (Å²) in [6.45, 7) is 0.670. The van der Waals surface area contributed by atoms with Crippen LogP contribution in [0.2, 0.25) is 0 Å². The van der Waals surface area contributed by atoms with Crippen LogP contribution >= 0.6 is 22.6 Å². The summed E-state index contributed by atoms with van der Waals surface area (Å²) in [4.78, 5) is 12.1. The topological polar surface area (TPSA) is 47.6 Å². The lowest BCUT2D eigenvalue weighted by Gasteiger charge is -2.12. The first-order chi connectivity index (χ1) is 8.74. The molecule has 0 radical (unpaired) electrons. The van der Waals surface area contributed by atoms with Gasteiger partial charge in [-0.1, -0.05) is 28.7 Å². The summed E-state index contributed by atoms with van der Waals surface area (Å²) in [6.07, 6.45) is 2.08. The van der Waals surface area contributed by atoms with Gasteiger partial charge in [-0.2, -0.15) is 0 Å². The molecular weight excluding hydrogens is 345 g/mol. The van der Waals surface area contributed by atoms with Crippen molar-refractivity contribution in [2.45, 2.75) is 12.8 Å². The van der Waals surface area contributed by atoms with Crippen LogP contribution < -0.4 is 14.8 Å². The van der Waals surface area contributed by atoms with Gasteiger partial charge in [0.05, 0.1) is 14.2 Å². The van der Waals surface area contributed by atoms with Gasteiger partial charge in [-0.05, 0) is 29.4 Å². The minimum absolute atomic E-state index is 0.155. The number of unbranched alkanes of at least 4 members (excludes halogenated alkanes) is 1. The quantitative estimate of drug-likeness (QED) is 0.460. The van der Waals surface area contributed by atoms with E-state index in [4.69, 9.17) is 9.47 Å². The number of carbonyl (C=O) groups is 1. The highest BCUT2D eigenvalue weighted by atomic mass is 127. The molecule has 0 unspecified atom stereocenters. The fraction of sp³-hybridized carbons (Fsp3) is 0.462. The lowest BCUT2D eigenvalue weighted by Crippen LogP contribution is -2.25.